The molecule has 6 atom stereocenters. The van der Waals surface area contributed by atoms with Crippen molar-refractivity contribution in [2.75, 3.05) is 0 Å². The summed E-state index contributed by atoms with van der Waals surface area (Å²) >= 11 is 0. The van der Waals surface area contributed by atoms with Crippen molar-refractivity contribution in [1.82, 2.24) is 0 Å². The maximum atomic E-state index is 2.38. The van der Waals surface area contributed by atoms with Crippen molar-refractivity contribution in [1.29, 1.82) is 0 Å². The van der Waals surface area contributed by atoms with Gasteiger partial charge in [0.25, 0.3) is 0 Å². The Balaban J connectivity index is -0.000000295. The fourth-order valence-corrected chi connectivity index (χ4v) is 11.8. The van der Waals surface area contributed by atoms with Crippen LogP contribution in [0.3, 0.4) is 0 Å². The Kier molecular flexibility index (Phi) is 58.4. The van der Waals surface area contributed by atoms with Gasteiger partial charge in [-0.15, -0.1) is 0 Å². The molecule has 3 aliphatic rings. The van der Waals surface area contributed by atoms with Gasteiger partial charge in [0.2, 0.25) is 0 Å². The van der Waals surface area contributed by atoms with Crippen LogP contribution in [0.2, 0.25) is 0 Å². The topological polar surface area (TPSA) is 0 Å². The zero-order chi connectivity index (χ0) is 68.0. The molecule has 0 radical (unpaired) electrons. The largest absolute Gasteiger partial charge is 0.0683 e. The Hall–Kier alpha value is -3.12. The third-order valence-corrected chi connectivity index (χ3v) is 17.7. The average molecular weight is 1190 g/mol. The van der Waals surface area contributed by atoms with E-state index in [4.69, 9.17) is 0 Å². The van der Waals surface area contributed by atoms with E-state index in [9.17, 15) is 0 Å². The van der Waals surface area contributed by atoms with Crippen LogP contribution in [0.1, 0.15) is 392 Å². The van der Waals surface area contributed by atoms with Gasteiger partial charge in [0, 0.05) is 0 Å². The molecule has 7 rings (SSSR count). The molecule has 0 heterocycles. The number of benzene rings is 4. The Bertz CT molecular complexity index is 1910. The van der Waals surface area contributed by atoms with E-state index in [0.717, 1.165) is 71.0 Å². The van der Waals surface area contributed by atoms with Gasteiger partial charge in [0.1, 0.15) is 0 Å². The molecular formula is C86H158. The molecule has 6 unspecified atom stereocenters. The van der Waals surface area contributed by atoms with Crippen LogP contribution in [0.4, 0.5) is 0 Å². The second kappa shape index (κ2) is 54.8. The molecule has 0 N–H and O–H groups in total. The van der Waals surface area contributed by atoms with Crippen molar-refractivity contribution in [2.45, 2.75) is 348 Å². The van der Waals surface area contributed by atoms with Gasteiger partial charge >= 0.3 is 0 Å². The number of fused-ring (bicyclic) bond motifs is 1. The smallest absolute Gasteiger partial charge is 0.0130 e. The molecule has 502 valence electrons. The van der Waals surface area contributed by atoms with Gasteiger partial charge in [0.05, 0.1) is 0 Å². The molecule has 0 nitrogen and oxygen atoms in total. The molecule has 0 spiro atoms. The van der Waals surface area contributed by atoms with Crippen molar-refractivity contribution < 1.29 is 0 Å². The van der Waals surface area contributed by atoms with Gasteiger partial charge in [-0.05, 0) is 183 Å². The second-order valence-electron chi connectivity index (χ2n) is 27.5. The van der Waals surface area contributed by atoms with Crippen LogP contribution in [0.25, 0.3) is 0 Å². The summed E-state index contributed by atoms with van der Waals surface area (Å²) in [5.74, 6) is 14.7. The van der Waals surface area contributed by atoms with Crippen LogP contribution in [-0.2, 0) is 0 Å². The Morgan fingerprint density at radius 3 is 0.721 bits per heavy atom. The SMILES string of the molecule is CC.CC.CC.CC.CC.CC.CC(C)C1CC(C(C)C)c2ccccc21.CC(C)C1CCC(C(C)C)C1.CC(C)C1CCCC(C(C)C)C1.CC(C)c1ccc(C(C)C)cc1.CC(C)c1cccc(C(C)C)c1.CC(C)c1ccccc1C(C)C. The van der Waals surface area contributed by atoms with Crippen LogP contribution < -0.4 is 0 Å². The van der Waals surface area contributed by atoms with Gasteiger partial charge in [0.15, 0.2) is 0 Å². The monoisotopic (exact) mass is 1190 g/mol. The molecule has 4 aromatic carbocycles. The molecule has 3 aliphatic carbocycles. The van der Waals surface area contributed by atoms with E-state index >= 15 is 0 Å². The highest BCUT2D eigenvalue weighted by Gasteiger charge is 2.34. The van der Waals surface area contributed by atoms with Gasteiger partial charge in [-0.1, -0.05) is 366 Å². The van der Waals surface area contributed by atoms with Crippen LogP contribution in [0.5, 0.6) is 0 Å². The molecule has 2 saturated carbocycles. The molecule has 4 aromatic rings. The molecule has 0 saturated heterocycles. The molecule has 0 heteroatoms. The highest BCUT2D eigenvalue weighted by molar-refractivity contribution is 5.39. The molecule has 0 aromatic heterocycles. The van der Waals surface area contributed by atoms with Crippen molar-refractivity contribution in [3.63, 3.8) is 0 Å². The lowest BCUT2D eigenvalue weighted by Gasteiger charge is -2.33. The number of hydrogen-bond acceptors (Lipinski definition) is 0. The molecule has 0 bridgehead atoms. The zero-order valence-corrected chi connectivity index (χ0v) is 65.3. The van der Waals surface area contributed by atoms with E-state index < -0.39 is 0 Å². The average Bonchev–Trinajstić information content (AvgIpc) is 2.35. The number of hydrogen-bond donors (Lipinski definition) is 0. The van der Waals surface area contributed by atoms with Crippen molar-refractivity contribution in [3.8, 4) is 0 Å². The van der Waals surface area contributed by atoms with Crippen LogP contribution in [0.15, 0.2) is 97.1 Å². The fraction of sp³-hybridized carbons (Fsp3) is 0.721. The van der Waals surface area contributed by atoms with Gasteiger partial charge in [-0.3, -0.25) is 0 Å². The summed E-state index contributed by atoms with van der Waals surface area (Å²) in [6.45, 7) is 79.3. The minimum Gasteiger partial charge on any atom is -0.0683 e. The summed E-state index contributed by atoms with van der Waals surface area (Å²) in [5, 5.41) is 0. The highest BCUT2D eigenvalue weighted by atomic mass is 14.4. The van der Waals surface area contributed by atoms with E-state index in [1.165, 1.54) is 84.7 Å². The molecule has 86 heavy (non-hydrogen) atoms. The first-order chi connectivity index (χ1) is 40.7. The van der Waals surface area contributed by atoms with Crippen molar-refractivity contribution in [2.24, 2.45) is 59.2 Å². The zero-order valence-electron chi connectivity index (χ0n) is 65.3. The summed E-state index contributed by atoms with van der Waals surface area (Å²) in [4.78, 5) is 0. The van der Waals surface area contributed by atoms with E-state index in [0.29, 0.717) is 35.5 Å². The standard InChI is InChI=1S/C15H22.C12H18.C12H24.2C12H18.C11H22.6C2H6/c1-10(2)14-9-15(11(3)4)13-8-6-5-7-12(13)14;1-9(2)11-5-7-12(8-6-11)10(3)4;2*1-9(2)11-6-5-7-12(8-11)10(3)4;1-9(2)11-7-5-6-8-12(11)10(3)4;1-8(2)10-5-6-11(7-10)9(3)4;6*1-2/h5-8,10-11,14-15H,9H2,1-4H3;5-10H,1-4H3;9-12H,5-8H2,1-4H3;2*5-10H,1-4H3;8-11H,5-7H2,1-4H3;6*1-2H3. The maximum Gasteiger partial charge on any atom is -0.0130 e. The Morgan fingerprint density at radius 2 is 0.500 bits per heavy atom. The second-order valence-corrected chi connectivity index (χ2v) is 27.5. The first-order valence-electron chi connectivity index (χ1n) is 37.0. The summed E-state index contributed by atoms with van der Waals surface area (Å²) in [5.41, 5.74) is 12.0. The maximum absolute atomic E-state index is 2.38. The predicted octanol–water partition coefficient (Wildman–Crippen LogP) is 30.3. The third-order valence-electron chi connectivity index (χ3n) is 17.7. The van der Waals surface area contributed by atoms with E-state index in [1.807, 2.05) is 83.1 Å². The lowest BCUT2D eigenvalue weighted by molar-refractivity contribution is 0.177. The summed E-state index contributed by atoms with van der Waals surface area (Å²) in [6.07, 6.45) is 11.8. The van der Waals surface area contributed by atoms with Crippen LogP contribution >= 0.6 is 0 Å². The van der Waals surface area contributed by atoms with E-state index in [1.54, 1.807) is 11.1 Å². The first kappa shape index (κ1) is 91.6. The predicted molar refractivity (Wildman–Crippen MR) is 404 cm³/mol. The normalized spacial score (nSPS) is 18.0. The third kappa shape index (κ3) is 37.1. The molecule has 0 amide bonds. The lowest BCUT2D eigenvalue weighted by atomic mass is 9.72. The van der Waals surface area contributed by atoms with Crippen LogP contribution in [-0.4, -0.2) is 0 Å². The summed E-state index contributed by atoms with van der Waals surface area (Å²) in [6, 6.07) is 35.6. The van der Waals surface area contributed by atoms with Gasteiger partial charge in [-0.2, -0.15) is 0 Å². The fourth-order valence-electron chi connectivity index (χ4n) is 11.8. The van der Waals surface area contributed by atoms with Crippen molar-refractivity contribution >= 4 is 0 Å². The summed E-state index contributed by atoms with van der Waals surface area (Å²) in [7, 11) is 0. The minimum absolute atomic E-state index is 0.642. The molecule has 0 aliphatic heterocycles. The molecular weight excluding hydrogens is 1030 g/mol. The molecule has 2 fully saturated rings. The van der Waals surface area contributed by atoms with Crippen molar-refractivity contribution in [3.05, 3.63) is 142 Å². The van der Waals surface area contributed by atoms with Gasteiger partial charge < -0.3 is 0 Å². The number of rotatable bonds is 12. The Labute approximate surface area is 545 Å². The van der Waals surface area contributed by atoms with E-state index in [2.05, 4.69) is 263 Å². The lowest BCUT2D eigenvalue weighted by Crippen LogP contribution is -2.22. The van der Waals surface area contributed by atoms with E-state index in [-0.39, 0.29) is 0 Å². The Morgan fingerprint density at radius 1 is 0.244 bits per heavy atom. The van der Waals surface area contributed by atoms with Gasteiger partial charge in [-0.25, -0.2) is 0 Å². The first-order valence-corrected chi connectivity index (χ1v) is 37.0. The summed E-state index contributed by atoms with van der Waals surface area (Å²) < 4.78 is 0. The van der Waals surface area contributed by atoms with Crippen LogP contribution in [0, 0.1) is 59.2 Å². The highest BCUT2D eigenvalue weighted by Crippen LogP contribution is 2.48. The minimum atomic E-state index is 0.642. The quantitative estimate of drug-likeness (QED) is 0.133.